The van der Waals surface area contributed by atoms with Gasteiger partial charge < -0.3 is 9.47 Å². The first kappa shape index (κ1) is 17.0. The van der Waals surface area contributed by atoms with Gasteiger partial charge in [0.2, 0.25) is 0 Å². The van der Waals surface area contributed by atoms with Gasteiger partial charge in [-0.25, -0.2) is 4.79 Å². The average Bonchev–Trinajstić information content (AvgIpc) is 2.89. The number of carbonyl (C=O) groups excluding carboxylic acids is 1. The molecule has 0 spiro atoms. The maximum Gasteiger partial charge on any atom is 0.330 e. The van der Waals surface area contributed by atoms with E-state index in [0.717, 1.165) is 18.6 Å². The van der Waals surface area contributed by atoms with E-state index in [0.29, 0.717) is 18.6 Å². The number of carbonyl (C=O) groups is 1. The van der Waals surface area contributed by atoms with Crippen LogP contribution in [0.5, 0.6) is 0 Å². The topological polar surface area (TPSA) is 35.5 Å². The summed E-state index contributed by atoms with van der Waals surface area (Å²) in [5, 5.41) is 0. The molecule has 0 aromatic carbocycles. The SMILES string of the molecule is CCOC(=O)C=C(C)C=CCC(C)CCC1CCCO1. The molecule has 3 heteroatoms. The summed E-state index contributed by atoms with van der Waals surface area (Å²) < 4.78 is 10.5. The molecule has 1 aliphatic heterocycles. The number of esters is 1. The number of rotatable bonds is 8. The van der Waals surface area contributed by atoms with E-state index in [2.05, 4.69) is 13.0 Å². The molecule has 0 aromatic heterocycles. The van der Waals surface area contributed by atoms with Crippen LogP contribution in [0.3, 0.4) is 0 Å². The smallest absolute Gasteiger partial charge is 0.330 e. The molecule has 1 saturated heterocycles. The summed E-state index contributed by atoms with van der Waals surface area (Å²) >= 11 is 0. The lowest BCUT2D eigenvalue weighted by molar-refractivity contribution is -0.137. The molecular formula is C17H28O3. The monoisotopic (exact) mass is 280 g/mol. The van der Waals surface area contributed by atoms with Gasteiger partial charge in [-0.2, -0.15) is 0 Å². The molecule has 0 radical (unpaired) electrons. The van der Waals surface area contributed by atoms with Gasteiger partial charge >= 0.3 is 5.97 Å². The molecule has 114 valence electrons. The van der Waals surface area contributed by atoms with Crippen molar-refractivity contribution < 1.29 is 14.3 Å². The van der Waals surface area contributed by atoms with Crippen molar-refractivity contribution in [2.75, 3.05) is 13.2 Å². The van der Waals surface area contributed by atoms with Crippen molar-refractivity contribution in [3.63, 3.8) is 0 Å². The van der Waals surface area contributed by atoms with Crippen LogP contribution in [0.2, 0.25) is 0 Å². The van der Waals surface area contributed by atoms with E-state index in [1.807, 2.05) is 19.9 Å². The van der Waals surface area contributed by atoms with Gasteiger partial charge in [-0.3, -0.25) is 0 Å². The fraction of sp³-hybridized carbons (Fsp3) is 0.706. The van der Waals surface area contributed by atoms with Crippen LogP contribution in [0.25, 0.3) is 0 Å². The van der Waals surface area contributed by atoms with Gasteiger partial charge in [0.15, 0.2) is 0 Å². The number of hydrogen-bond acceptors (Lipinski definition) is 3. The highest BCUT2D eigenvalue weighted by molar-refractivity contribution is 5.83. The van der Waals surface area contributed by atoms with Crippen molar-refractivity contribution in [3.8, 4) is 0 Å². The quantitative estimate of drug-likeness (QED) is 0.382. The van der Waals surface area contributed by atoms with Crippen molar-refractivity contribution >= 4 is 5.97 Å². The molecule has 0 saturated carbocycles. The average molecular weight is 280 g/mol. The second-order valence-electron chi connectivity index (χ2n) is 5.60. The van der Waals surface area contributed by atoms with Crippen molar-refractivity contribution in [1.29, 1.82) is 0 Å². The lowest BCUT2D eigenvalue weighted by atomic mass is 9.98. The molecule has 1 fully saturated rings. The van der Waals surface area contributed by atoms with Crippen LogP contribution in [-0.4, -0.2) is 25.3 Å². The van der Waals surface area contributed by atoms with Gasteiger partial charge in [-0.1, -0.05) is 19.1 Å². The summed E-state index contributed by atoms with van der Waals surface area (Å²) in [6.07, 6.45) is 12.0. The summed E-state index contributed by atoms with van der Waals surface area (Å²) in [7, 11) is 0. The Balaban J connectivity index is 2.19. The van der Waals surface area contributed by atoms with E-state index < -0.39 is 0 Å². The molecule has 0 amide bonds. The van der Waals surface area contributed by atoms with E-state index >= 15 is 0 Å². The molecular weight excluding hydrogens is 252 g/mol. The molecule has 0 aromatic rings. The van der Waals surface area contributed by atoms with E-state index in [1.54, 1.807) is 0 Å². The zero-order chi connectivity index (χ0) is 14.8. The predicted molar refractivity (Wildman–Crippen MR) is 81.5 cm³/mol. The van der Waals surface area contributed by atoms with E-state index in [1.165, 1.54) is 31.8 Å². The minimum Gasteiger partial charge on any atom is -0.463 e. The number of ether oxygens (including phenoxy) is 2. The zero-order valence-corrected chi connectivity index (χ0v) is 13.1. The maximum atomic E-state index is 11.3. The maximum absolute atomic E-state index is 11.3. The Morgan fingerprint density at radius 2 is 2.30 bits per heavy atom. The third-order valence-electron chi connectivity index (χ3n) is 3.56. The Bertz CT molecular complexity index is 338. The van der Waals surface area contributed by atoms with Crippen molar-refractivity contribution in [2.24, 2.45) is 5.92 Å². The molecule has 20 heavy (non-hydrogen) atoms. The highest BCUT2D eigenvalue weighted by Crippen LogP contribution is 2.21. The van der Waals surface area contributed by atoms with Gasteiger partial charge in [-0.05, 0) is 57.4 Å². The molecule has 2 unspecified atom stereocenters. The first-order valence-corrected chi connectivity index (χ1v) is 7.75. The van der Waals surface area contributed by atoms with Gasteiger partial charge in [-0.15, -0.1) is 0 Å². The zero-order valence-electron chi connectivity index (χ0n) is 13.1. The Kier molecular flexibility index (Phi) is 8.28. The predicted octanol–water partition coefficient (Wildman–Crippen LogP) is 4.04. The van der Waals surface area contributed by atoms with Gasteiger partial charge in [0.1, 0.15) is 0 Å². The molecule has 1 rings (SSSR count). The van der Waals surface area contributed by atoms with Crippen LogP contribution in [0.1, 0.15) is 52.9 Å². The van der Waals surface area contributed by atoms with Crippen LogP contribution in [0.4, 0.5) is 0 Å². The Morgan fingerprint density at radius 1 is 1.50 bits per heavy atom. The van der Waals surface area contributed by atoms with Crippen LogP contribution in [0.15, 0.2) is 23.8 Å². The fourth-order valence-corrected chi connectivity index (χ4v) is 2.36. The minimum absolute atomic E-state index is 0.263. The van der Waals surface area contributed by atoms with Gasteiger partial charge in [0.25, 0.3) is 0 Å². The van der Waals surface area contributed by atoms with Crippen LogP contribution < -0.4 is 0 Å². The first-order valence-electron chi connectivity index (χ1n) is 7.75. The van der Waals surface area contributed by atoms with Crippen LogP contribution in [0, 0.1) is 5.92 Å². The fourth-order valence-electron chi connectivity index (χ4n) is 2.36. The molecule has 1 aliphatic rings. The molecule has 0 aliphatic carbocycles. The molecule has 0 bridgehead atoms. The molecule has 1 heterocycles. The summed E-state index contributed by atoms with van der Waals surface area (Å²) in [5.74, 6) is 0.395. The lowest BCUT2D eigenvalue weighted by Gasteiger charge is -2.12. The highest BCUT2D eigenvalue weighted by atomic mass is 16.5. The Hall–Kier alpha value is -1.09. The van der Waals surface area contributed by atoms with Crippen LogP contribution >= 0.6 is 0 Å². The summed E-state index contributed by atoms with van der Waals surface area (Å²) in [6, 6.07) is 0. The van der Waals surface area contributed by atoms with E-state index in [9.17, 15) is 4.79 Å². The molecule has 3 nitrogen and oxygen atoms in total. The second-order valence-corrected chi connectivity index (χ2v) is 5.60. The normalized spacial score (nSPS) is 21.4. The summed E-state index contributed by atoms with van der Waals surface area (Å²) in [4.78, 5) is 11.3. The highest BCUT2D eigenvalue weighted by Gasteiger charge is 2.15. The third kappa shape index (κ3) is 7.49. The molecule has 0 N–H and O–H groups in total. The van der Waals surface area contributed by atoms with Crippen molar-refractivity contribution in [1.82, 2.24) is 0 Å². The largest absolute Gasteiger partial charge is 0.463 e. The Morgan fingerprint density at radius 3 is 2.95 bits per heavy atom. The van der Waals surface area contributed by atoms with Gasteiger partial charge in [0, 0.05) is 12.7 Å². The lowest BCUT2D eigenvalue weighted by Crippen LogP contribution is -2.07. The second kappa shape index (κ2) is 9.76. The van der Waals surface area contributed by atoms with E-state index in [-0.39, 0.29) is 5.97 Å². The van der Waals surface area contributed by atoms with E-state index in [4.69, 9.17) is 9.47 Å². The number of hydrogen-bond donors (Lipinski definition) is 0. The van der Waals surface area contributed by atoms with Crippen molar-refractivity contribution in [3.05, 3.63) is 23.8 Å². The summed E-state index contributed by atoms with van der Waals surface area (Å²) in [5.41, 5.74) is 0.940. The minimum atomic E-state index is -0.263. The van der Waals surface area contributed by atoms with Crippen molar-refractivity contribution in [2.45, 2.75) is 59.0 Å². The molecule has 2 atom stereocenters. The van der Waals surface area contributed by atoms with Crippen LogP contribution in [-0.2, 0) is 14.3 Å². The first-order chi connectivity index (χ1) is 9.61. The third-order valence-corrected chi connectivity index (χ3v) is 3.56. The number of allylic oxidation sites excluding steroid dienone is 3. The van der Waals surface area contributed by atoms with Gasteiger partial charge in [0.05, 0.1) is 12.7 Å². The Labute approximate surface area is 123 Å². The summed E-state index contributed by atoms with van der Waals surface area (Å²) in [6.45, 7) is 7.37. The standard InChI is InChI=1S/C17H28O3/c1-4-19-17(18)13-15(3)8-5-7-14(2)10-11-16-9-6-12-20-16/h5,8,13-14,16H,4,6-7,9-12H2,1-3H3.